The summed E-state index contributed by atoms with van der Waals surface area (Å²) in [7, 11) is 0. The summed E-state index contributed by atoms with van der Waals surface area (Å²) in [6.07, 6.45) is 0. The van der Waals surface area contributed by atoms with Gasteiger partial charge in [-0.05, 0) is 36.2 Å². The molecule has 5 rings (SSSR count). The second-order valence-corrected chi connectivity index (χ2v) is 8.79. The summed E-state index contributed by atoms with van der Waals surface area (Å²) < 4.78 is 6.21. The largest absolute Gasteiger partial charge is 0.422 e. The van der Waals surface area contributed by atoms with Crippen molar-refractivity contribution in [1.29, 1.82) is 0 Å². The fraction of sp³-hybridized carbons (Fsp3) is 0.0800. The quantitative estimate of drug-likeness (QED) is 0.299. The van der Waals surface area contributed by atoms with E-state index in [1.807, 2.05) is 55.5 Å². The molecule has 0 aliphatic rings. The van der Waals surface area contributed by atoms with E-state index in [0.29, 0.717) is 21.1 Å². The molecule has 5 aromatic rings. The number of hydrogen-bond acceptors (Lipinski definition) is 5. The van der Waals surface area contributed by atoms with Crippen molar-refractivity contribution in [3.05, 3.63) is 105 Å². The number of halogens is 1. The number of anilines is 1. The van der Waals surface area contributed by atoms with Crippen LogP contribution in [0.4, 0.5) is 5.13 Å². The van der Waals surface area contributed by atoms with Crippen molar-refractivity contribution >= 4 is 55.2 Å². The molecule has 0 atom stereocenters. The normalized spacial score (nSPS) is 11.2. The van der Waals surface area contributed by atoms with Crippen molar-refractivity contribution < 1.29 is 9.21 Å². The van der Waals surface area contributed by atoms with Crippen LogP contribution in [-0.2, 0) is 6.54 Å². The standard InChI is InChI=1S/C25H17ClN2O3S/c1-15-11-12-19(26)22-21(15)27-25(32-22)28(14-16-7-3-2-4-8-16)23(29)18-13-17-9-5-6-10-20(17)31-24(18)30/h2-13H,14H2,1H3. The third kappa shape index (κ3) is 3.68. The monoisotopic (exact) mass is 460 g/mol. The lowest BCUT2D eigenvalue weighted by molar-refractivity contribution is 0.0981. The van der Waals surface area contributed by atoms with Crippen molar-refractivity contribution in [3.63, 3.8) is 0 Å². The van der Waals surface area contributed by atoms with Crippen LogP contribution in [0.5, 0.6) is 0 Å². The summed E-state index contributed by atoms with van der Waals surface area (Å²) in [6.45, 7) is 2.20. The molecule has 0 saturated heterocycles. The highest BCUT2D eigenvalue weighted by molar-refractivity contribution is 7.23. The number of carbonyl (C=O) groups excluding carboxylic acids is 1. The van der Waals surface area contributed by atoms with E-state index in [4.69, 9.17) is 21.0 Å². The SMILES string of the molecule is Cc1ccc(Cl)c2sc(N(Cc3ccccc3)C(=O)c3cc4ccccc4oc3=O)nc12. The summed E-state index contributed by atoms with van der Waals surface area (Å²) in [5.74, 6) is -0.471. The number of aromatic nitrogens is 1. The Morgan fingerprint density at radius 1 is 1.06 bits per heavy atom. The number of rotatable bonds is 4. The zero-order valence-corrected chi connectivity index (χ0v) is 18.6. The maximum atomic E-state index is 13.7. The molecule has 2 aromatic heterocycles. The van der Waals surface area contributed by atoms with Crippen molar-refractivity contribution in [3.8, 4) is 0 Å². The van der Waals surface area contributed by atoms with E-state index < -0.39 is 11.5 Å². The summed E-state index contributed by atoms with van der Waals surface area (Å²) in [5.41, 5.74) is 2.33. The number of amides is 1. The molecule has 2 heterocycles. The van der Waals surface area contributed by atoms with Gasteiger partial charge in [-0.15, -0.1) is 0 Å². The number of benzene rings is 3. The van der Waals surface area contributed by atoms with Crippen molar-refractivity contribution in [2.45, 2.75) is 13.5 Å². The van der Waals surface area contributed by atoms with Crippen molar-refractivity contribution in [2.24, 2.45) is 0 Å². The van der Waals surface area contributed by atoms with E-state index >= 15 is 0 Å². The van der Waals surface area contributed by atoms with Gasteiger partial charge in [-0.2, -0.15) is 0 Å². The molecular formula is C25H17ClN2O3S. The fourth-order valence-corrected chi connectivity index (χ4v) is 4.87. The van der Waals surface area contributed by atoms with Crippen LogP contribution in [-0.4, -0.2) is 10.9 Å². The molecule has 0 aliphatic heterocycles. The van der Waals surface area contributed by atoms with Gasteiger partial charge >= 0.3 is 5.63 Å². The van der Waals surface area contributed by atoms with Gasteiger partial charge in [0.1, 0.15) is 11.1 Å². The molecule has 0 fully saturated rings. The summed E-state index contributed by atoms with van der Waals surface area (Å²) >= 11 is 7.72. The molecule has 3 aromatic carbocycles. The predicted octanol–water partition coefficient (Wildman–Crippen LogP) is 6.21. The Labute approximate surface area is 192 Å². The molecule has 7 heteroatoms. The molecule has 158 valence electrons. The first-order valence-corrected chi connectivity index (χ1v) is 11.1. The van der Waals surface area contributed by atoms with Gasteiger partial charge in [-0.1, -0.05) is 77.5 Å². The summed E-state index contributed by atoms with van der Waals surface area (Å²) in [5, 5.41) is 1.72. The van der Waals surface area contributed by atoms with E-state index in [2.05, 4.69) is 0 Å². The molecule has 0 unspecified atom stereocenters. The minimum absolute atomic E-state index is 0.0401. The van der Waals surface area contributed by atoms with E-state index in [0.717, 1.165) is 21.3 Å². The number of fused-ring (bicyclic) bond motifs is 2. The van der Waals surface area contributed by atoms with Gasteiger partial charge in [0.25, 0.3) is 5.91 Å². The third-order valence-corrected chi connectivity index (χ3v) is 6.76. The van der Waals surface area contributed by atoms with Gasteiger partial charge in [0.05, 0.1) is 21.8 Å². The van der Waals surface area contributed by atoms with Crippen LogP contribution in [0.3, 0.4) is 0 Å². The number of thiazole rings is 1. The molecule has 0 N–H and O–H groups in total. The van der Waals surface area contributed by atoms with Crippen LogP contribution >= 0.6 is 22.9 Å². The Balaban J connectivity index is 1.66. The molecule has 0 spiro atoms. The number of hydrogen-bond donors (Lipinski definition) is 0. The lowest BCUT2D eigenvalue weighted by Gasteiger charge is -2.19. The third-order valence-electron chi connectivity index (χ3n) is 5.22. The first kappa shape index (κ1) is 20.4. The molecule has 0 aliphatic carbocycles. The lowest BCUT2D eigenvalue weighted by Crippen LogP contribution is -2.33. The average molecular weight is 461 g/mol. The zero-order chi connectivity index (χ0) is 22.2. The first-order chi connectivity index (χ1) is 15.5. The van der Waals surface area contributed by atoms with Crippen LogP contribution in [0.2, 0.25) is 5.02 Å². The minimum atomic E-state index is -0.679. The molecule has 0 radical (unpaired) electrons. The summed E-state index contributed by atoms with van der Waals surface area (Å²) in [6, 6.07) is 22.0. The Morgan fingerprint density at radius 2 is 1.81 bits per heavy atom. The van der Waals surface area contributed by atoms with Crippen molar-refractivity contribution in [2.75, 3.05) is 4.90 Å². The molecule has 0 saturated carbocycles. The highest BCUT2D eigenvalue weighted by Gasteiger charge is 2.26. The van der Waals surface area contributed by atoms with Crippen LogP contribution < -0.4 is 10.5 Å². The zero-order valence-electron chi connectivity index (χ0n) is 17.0. The lowest BCUT2D eigenvalue weighted by atomic mass is 10.1. The molecule has 32 heavy (non-hydrogen) atoms. The Kier molecular flexibility index (Phi) is 5.25. The highest BCUT2D eigenvalue weighted by Crippen LogP contribution is 2.36. The van der Waals surface area contributed by atoms with Crippen LogP contribution in [0.25, 0.3) is 21.2 Å². The predicted molar refractivity (Wildman–Crippen MR) is 129 cm³/mol. The first-order valence-electron chi connectivity index (χ1n) is 9.95. The number of aryl methyl sites for hydroxylation is 1. The van der Waals surface area contributed by atoms with E-state index in [1.54, 1.807) is 24.3 Å². The molecule has 5 nitrogen and oxygen atoms in total. The van der Waals surface area contributed by atoms with E-state index in [9.17, 15) is 9.59 Å². The van der Waals surface area contributed by atoms with E-state index in [1.165, 1.54) is 16.2 Å². The van der Waals surface area contributed by atoms with Crippen molar-refractivity contribution in [1.82, 2.24) is 4.98 Å². The second kappa shape index (κ2) is 8.22. The highest BCUT2D eigenvalue weighted by atomic mass is 35.5. The fourth-order valence-electron chi connectivity index (χ4n) is 3.55. The van der Waals surface area contributed by atoms with Crippen LogP contribution in [0.15, 0.2) is 82.0 Å². The van der Waals surface area contributed by atoms with Gasteiger partial charge in [-0.3, -0.25) is 9.69 Å². The smallest absolute Gasteiger partial charge is 0.349 e. The maximum Gasteiger partial charge on any atom is 0.349 e. The van der Waals surface area contributed by atoms with Crippen LogP contribution in [0.1, 0.15) is 21.5 Å². The van der Waals surface area contributed by atoms with Gasteiger partial charge in [-0.25, -0.2) is 9.78 Å². The van der Waals surface area contributed by atoms with Gasteiger partial charge in [0, 0.05) is 5.39 Å². The maximum absolute atomic E-state index is 13.7. The second-order valence-electron chi connectivity index (χ2n) is 7.40. The summed E-state index contributed by atoms with van der Waals surface area (Å²) in [4.78, 5) is 32.6. The Morgan fingerprint density at radius 3 is 2.59 bits per heavy atom. The van der Waals surface area contributed by atoms with Crippen LogP contribution in [0, 0.1) is 6.92 Å². The average Bonchev–Trinajstić information content (AvgIpc) is 3.26. The van der Waals surface area contributed by atoms with Gasteiger partial charge in [0.15, 0.2) is 5.13 Å². The topological polar surface area (TPSA) is 63.4 Å². The Hall–Kier alpha value is -3.48. The van der Waals surface area contributed by atoms with E-state index in [-0.39, 0.29) is 12.1 Å². The molecular weight excluding hydrogens is 444 g/mol. The van der Waals surface area contributed by atoms with Gasteiger partial charge in [0.2, 0.25) is 0 Å². The van der Waals surface area contributed by atoms with Gasteiger partial charge < -0.3 is 4.42 Å². The Bertz CT molecular complexity index is 1490. The number of carbonyl (C=O) groups is 1. The molecule has 0 bridgehead atoms. The molecule has 1 amide bonds. The number of nitrogens with zero attached hydrogens (tertiary/aromatic N) is 2. The number of para-hydroxylation sites is 1. The minimum Gasteiger partial charge on any atom is -0.422 e.